The van der Waals surface area contributed by atoms with E-state index in [0.29, 0.717) is 24.3 Å². The first kappa shape index (κ1) is 11.9. The van der Waals surface area contributed by atoms with Gasteiger partial charge >= 0.3 is 0 Å². The van der Waals surface area contributed by atoms with E-state index in [-0.39, 0.29) is 5.91 Å². The van der Waals surface area contributed by atoms with Crippen LogP contribution in [-0.2, 0) is 0 Å². The molecule has 1 heterocycles. The van der Waals surface area contributed by atoms with Crippen LogP contribution in [0.3, 0.4) is 0 Å². The van der Waals surface area contributed by atoms with E-state index < -0.39 is 5.60 Å². The predicted octanol–water partition coefficient (Wildman–Crippen LogP) is 1.09. The third-order valence-corrected chi connectivity index (χ3v) is 3.19. The van der Waals surface area contributed by atoms with E-state index >= 15 is 0 Å². The molecule has 1 saturated heterocycles. The Morgan fingerprint density at radius 2 is 1.94 bits per heavy atom. The van der Waals surface area contributed by atoms with E-state index in [2.05, 4.69) is 0 Å². The first-order valence-corrected chi connectivity index (χ1v) is 5.68. The lowest BCUT2D eigenvalue weighted by atomic mass is 9.94. The molecular formula is C13H18N2O2. The lowest BCUT2D eigenvalue weighted by molar-refractivity contribution is -0.0669. The van der Waals surface area contributed by atoms with Crippen LogP contribution in [0, 0.1) is 13.8 Å². The van der Waals surface area contributed by atoms with E-state index in [1.807, 2.05) is 19.9 Å². The third kappa shape index (κ3) is 2.13. The van der Waals surface area contributed by atoms with Crippen LogP contribution in [0.2, 0.25) is 0 Å². The average Bonchev–Trinajstić information content (AvgIpc) is 2.19. The Bertz CT molecular complexity index is 473. The number of anilines is 1. The smallest absolute Gasteiger partial charge is 0.254 e. The van der Waals surface area contributed by atoms with Gasteiger partial charge in [-0.15, -0.1) is 0 Å². The Morgan fingerprint density at radius 1 is 1.35 bits per heavy atom. The third-order valence-electron chi connectivity index (χ3n) is 3.19. The number of hydrogen-bond donors (Lipinski definition) is 2. The van der Waals surface area contributed by atoms with Crippen LogP contribution in [0.4, 0.5) is 5.69 Å². The summed E-state index contributed by atoms with van der Waals surface area (Å²) in [4.78, 5) is 13.8. The maximum absolute atomic E-state index is 12.2. The summed E-state index contributed by atoms with van der Waals surface area (Å²) in [6, 6.07) is 3.64. The summed E-state index contributed by atoms with van der Waals surface area (Å²) in [5.74, 6) is -0.0549. The molecule has 0 aliphatic carbocycles. The number of nitrogens with zero attached hydrogens (tertiary/aromatic N) is 1. The molecule has 1 aliphatic rings. The van der Waals surface area contributed by atoms with Crippen molar-refractivity contribution < 1.29 is 9.90 Å². The van der Waals surface area contributed by atoms with Gasteiger partial charge in [-0.3, -0.25) is 4.79 Å². The molecule has 4 heteroatoms. The number of hydrogen-bond acceptors (Lipinski definition) is 3. The zero-order valence-corrected chi connectivity index (χ0v) is 10.4. The Balaban J connectivity index is 2.24. The van der Waals surface area contributed by atoms with Gasteiger partial charge in [-0.1, -0.05) is 6.07 Å². The average molecular weight is 234 g/mol. The highest BCUT2D eigenvalue weighted by atomic mass is 16.3. The van der Waals surface area contributed by atoms with Gasteiger partial charge in [0.05, 0.1) is 18.7 Å². The van der Waals surface area contributed by atoms with Crippen molar-refractivity contribution in [3.8, 4) is 0 Å². The summed E-state index contributed by atoms with van der Waals surface area (Å²) < 4.78 is 0. The van der Waals surface area contributed by atoms with Crippen molar-refractivity contribution in [2.45, 2.75) is 26.4 Å². The van der Waals surface area contributed by atoms with E-state index in [0.717, 1.165) is 11.1 Å². The van der Waals surface area contributed by atoms with E-state index in [4.69, 9.17) is 5.73 Å². The van der Waals surface area contributed by atoms with Gasteiger partial charge in [0.15, 0.2) is 0 Å². The second-order valence-electron chi connectivity index (χ2n) is 5.18. The molecule has 0 unspecified atom stereocenters. The summed E-state index contributed by atoms with van der Waals surface area (Å²) in [6.07, 6.45) is 0. The topological polar surface area (TPSA) is 66.6 Å². The summed E-state index contributed by atoms with van der Waals surface area (Å²) in [6.45, 7) is 6.33. The van der Waals surface area contributed by atoms with Crippen molar-refractivity contribution in [2.24, 2.45) is 0 Å². The number of likely N-dealkylation sites (tertiary alicyclic amines) is 1. The van der Waals surface area contributed by atoms with Crippen molar-refractivity contribution in [2.75, 3.05) is 18.8 Å². The maximum Gasteiger partial charge on any atom is 0.254 e. The van der Waals surface area contributed by atoms with Gasteiger partial charge in [-0.25, -0.2) is 0 Å². The van der Waals surface area contributed by atoms with Crippen LogP contribution < -0.4 is 5.73 Å². The standard InChI is InChI=1S/C13H18N2O2/c1-8-4-9(2)11(14)5-10(8)12(16)15-6-13(3,17)7-15/h4-5,17H,6-7,14H2,1-3H3. The number of nitrogen functional groups attached to an aromatic ring is 1. The van der Waals surface area contributed by atoms with Crippen LogP contribution in [0.5, 0.6) is 0 Å². The summed E-state index contributed by atoms with van der Waals surface area (Å²) in [7, 11) is 0. The van der Waals surface area contributed by atoms with Gasteiger partial charge in [0.1, 0.15) is 0 Å². The highest BCUT2D eigenvalue weighted by Gasteiger charge is 2.39. The SMILES string of the molecule is Cc1cc(C)c(C(=O)N2CC(C)(O)C2)cc1N. The van der Waals surface area contributed by atoms with Crippen LogP contribution in [-0.4, -0.2) is 34.6 Å². The lowest BCUT2D eigenvalue weighted by Crippen LogP contribution is -2.61. The Kier molecular flexibility index (Phi) is 2.62. The number of amides is 1. The molecular weight excluding hydrogens is 216 g/mol. The van der Waals surface area contributed by atoms with Gasteiger partial charge in [0, 0.05) is 11.3 Å². The molecule has 0 bridgehead atoms. The molecule has 0 spiro atoms. The molecule has 1 amide bonds. The molecule has 0 atom stereocenters. The molecule has 1 aromatic carbocycles. The maximum atomic E-state index is 12.2. The first-order valence-electron chi connectivity index (χ1n) is 5.68. The molecule has 0 aromatic heterocycles. The highest BCUT2D eigenvalue weighted by Crippen LogP contribution is 2.25. The molecule has 1 aliphatic heterocycles. The van der Waals surface area contributed by atoms with E-state index in [9.17, 15) is 9.90 Å². The molecule has 1 fully saturated rings. The van der Waals surface area contributed by atoms with E-state index in [1.54, 1.807) is 17.9 Å². The second kappa shape index (κ2) is 3.74. The van der Waals surface area contributed by atoms with Gasteiger partial charge in [0.25, 0.3) is 5.91 Å². The monoisotopic (exact) mass is 234 g/mol. The number of benzene rings is 1. The molecule has 17 heavy (non-hydrogen) atoms. The fourth-order valence-corrected chi connectivity index (χ4v) is 2.19. The fraction of sp³-hybridized carbons (Fsp3) is 0.462. The van der Waals surface area contributed by atoms with Gasteiger partial charge in [-0.05, 0) is 38.0 Å². The molecule has 92 valence electrons. The van der Waals surface area contributed by atoms with Gasteiger partial charge in [-0.2, -0.15) is 0 Å². The number of carbonyl (C=O) groups excluding carboxylic acids is 1. The van der Waals surface area contributed by atoms with Gasteiger partial charge < -0.3 is 15.7 Å². The largest absolute Gasteiger partial charge is 0.398 e. The number of rotatable bonds is 1. The molecule has 2 rings (SSSR count). The normalized spacial score (nSPS) is 17.8. The number of β-amino-alcohol motifs (C(OH)–C–C–N with tert-alkyl or cyclic N) is 1. The Labute approximate surface area is 101 Å². The predicted molar refractivity (Wildman–Crippen MR) is 66.9 cm³/mol. The molecule has 4 nitrogen and oxygen atoms in total. The Hall–Kier alpha value is -1.55. The Morgan fingerprint density at radius 3 is 2.47 bits per heavy atom. The zero-order valence-electron chi connectivity index (χ0n) is 10.4. The van der Waals surface area contributed by atoms with Crippen LogP contribution >= 0.6 is 0 Å². The minimum Gasteiger partial charge on any atom is -0.398 e. The van der Waals surface area contributed by atoms with Crippen molar-refractivity contribution in [3.05, 3.63) is 28.8 Å². The minimum atomic E-state index is -0.736. The summed E-state index contributed by atoms with van der Waals surface area (Å²) >= 11 is 0. The van der Waals surface area contributed by atoms with Crippen molar-refractivity contribution in [3.63, 3.8) is 0 Å². The lowest BCUT2D eigenvalue weighted by Gasteiger charge is -2.44. The van der Waals surface area contributed by atoms with E-state index in [1.165, 1.54) is 0 Å². The zero-order chi connectivity index (χ0) is 12.8. The molecule has 0 saturated carbocycles. The summed E-state index contributed by atoms with van der Waals surface area (Å²) in [5.41, 5.74) is 8.25. The van der Waals surface area contributed by atoms with Crippen LogP contribution in [0.1, 0.15) is 28.4 Å². The number of nitrogens with two attached hydrogens (primary N) is 1. The van der Waals surface area contributed by atoms with Gasteiger partial charge in [0.2, 0.25) is 0 Å². The quantitative estimate of drug-likeness (QED) is 0.715. The highest BCUT2D eigenvalue weighted by molar-refractivity contribution is 5.97. The summed E-state index contributed by atoms with van der Waals surface area (Å²) in [5, 5.41) is 9.63. The number of aliphatic hydroxyl groups is 1. The first-order chi connectivity index (χ1) is 7.80. The van der Waals surface area contributed by atoms with Crippen molar-refractivity contribution in [1.29, 1.82) is 0 Å². The number of carbonyl (C=O) groups is 1. The minimum absolute atomic E-state index is 0.0549. The van der Waals surface area contributed by atoms with Crippen molar-refractivity contribution >= 4 is 11.6 Å². The molecule has 1 aromatic rings. The fourth-order valence-electron chi connectivity index (χ4n) is 2.19. The van der Waals surface area contributed by atoms with Crippen molar-refractivity contribution in [1.82, 2.24) is 4.90 Å². The molecule has 0 radical (unpaired) electrons. The second-order valence-corrected chi connectivity index (χ2v) is 5.18. The number of aryl methyl sites for hydroxylation is 2. The molecule has 3 N–H and O–H groups in total. The van der Waals surface area contributed by atoms with Crippen LogP contribution in [0.15, 0.2) is 12.1 Å². The van der Waals surface area contributed by atoms with Crippen LogP contribution in [0.25, 0.3) is 0 Å².